The maximum atomic E-state index is 8.52. The van der Waals surface area contributed by atoms with Crippen LogP contribution in [0.4, 0.5) is 0 Å². The van der Waals surface area contributed by atoms with Crippen LogP contribution in [0.1, 0.15) is 0 Å². The number of rotatable bonds is 0. The molecule has 0 heterocycles. The van der Waals surface area contributed by atoms with E-state index >= 15 is 0 Å². The van der Waals surface area contributed by atoms with Crippen molar-refractivity contribution in [2.45, 2.75) is 0 Å². The van der Waals surface area contributed by atoms with Crippen molar-refractivity contribution >= 4 is 33.5 Å². The fraction of sp³-hybridized carbons (Fsp3) is 0. The molecule has 0 spiro atoms. The Morgan fingerprint density at radius 3 is 1.08 bits per heavy atom. The van der Waals surface area contributed by atoms with Gasteiger partial charge in [-0.3, -0.25) is 8.42 Å². The number of hydrogen-bond acceptors (Lipinski definition) is 7. The van der Waals surface area contributed by atoms with Crippen LogP contribution in [0.15, 0.2) is 0 Å². The Morgan fingerprint density at radius 2 is 1.08 bits per heavy atom. The van der Waals surface area contributed by atoms with Gasteiger partial charge in [0.05, 0.1) is 5.09 Å². The molecule has 0 atom stereocenters. The molecule has 0 aromatic carbocycles. The van der Waals surface area contributed by atoms with Gasteiger partial charge in [-0.05, 0) is 0 Å². The van der Waals surface area contributed by atoms with Gasteiger partial charge in [0.2, 0.25) is 0 Å². The predicted molar refractivity (Wildman–Crippen MR) is 32.6 cm³/mol. The van der Waals surface area contributed by atoms with E-state index in [1.807, 2.05) is 0 Å². The largest absolute Gasteiger partial charge is 2.00 e. The molecule has 0 unspecified atom stereocenters. The minimum absolute atomic E-state index is 0. The number of quaternary nitrogens is 1. The zero-order valence-electron chi connectivity index (χ0n) is 6.80. The zero-order valence-corrected chi connectivity index (χ0v) is 12.9. The normalized spacial score (nSPS) is 6.31. The van der Waals surface area contributed by atoms with Crippen LogP contribution >= 0.6 is 0 Å². The van der Waals surface area contributed by atoms with Gasteiger partial charge in [-0.1, -0.05) is 0 Å². The quantitative estimate of drug-likeness (QED) is 0.149. The Kier molecular flexibility index (Phi) is 54.2. The molecule has 0 aromatic rings. The minimum Gasteiger partial charge on any atom is -1.00 e. The number of nitrogens with zero attached hydrogens (tertiary/aromatic N) is 1. The van der Waals surface area contributed by atoms with E-state index in [0.29, 0.717) is 0 Å². The van der Waals surface area contributed by atoms with Crippen molar-refractivity contribution in [1.82, 2.24) is 6.15 Å². The first-order valence-corrected chi connectivity index (χ1v) is 2.55. The summed E-state index contributed by atoms with van der Waals surface area (Å²) < 4.78 is 34.1. The maximum Gasteiger partial charge on any atom is 2.00 e. The van der Waals surface area contributed by atoms with Crippen molar-refractivity contribution in [1.29, 1.82) is 0 Å². The molecule has 0 saturated carbocycles. The van der Waals surface area contributed by atoms with Crippen LogP contribution in [0.25, 0.3) is 0 Å². The molecule has 0 rings (SSSR count). The summed E-state index contributed by atoms with van der Waals surface area (Å²) >= 11 is 0. The third-order valence-corrected chi connectivity index (χ3v) is 0. The molecule has 4 N–H and O–H groups in total. The SMILES string of the molecule is O=S(=O)([O-])[O-].O=[N+]([O-])[O-].[Cl-].[K+].[Mg+2].[NH4+]. The van der Waals surface area contributed by atoms with Gasteiger partial charge in [0, 0.05) is 10.4 Å². The van der Waals surface area contributed by atoms with E-state index in [9.17, 15) is 0 Å². The summed E-state index contributed by atoms with van der Waals surface area (Å²) in [6.07, 6.45) is 0. The van der Waals surface area contributed by atoms with Crippen LogP contribution in [0.2, 0.25) is 0 Å². The van der Waals surface area contributed by atoms with Crippen molar-refractivity contribution < 1.29 is 86.4 Å². The van der Waals surface area contributed by atoms with Gasteiger partial charge in [0.25, 0.3) is 0 Å². The molecule has 0 aliphatic carbocycles. The first kappa shape index (κ1) is 36.4. The van der Waals surface area contributed by atoms with Crippen molar-refractivity contribution in [3.63, 3.8) is 0 Å². The van der Waals surface area contributed by atoms with Gasteiger partial charge in [-0.25, -0.2) is 0 Å². The van der Waals surface area contributed by atoms with Gasteiger partial charge in [-0.15, -0.1) is 0 Å². The van der Waals surface area contributed by atoms with Crippen LogP contribution in [-0.2, 0) is 10.4 Å². The van der Waals surface area contributed by atoms with E-state index in [4.69, 9.17) is 32.8 Å². The van der Waals surface area contributed by atoms with Gasteiger partial charge in [-0.2, -0.15) is 0 Å². The molecule has 72 valence electrons. The Labute approximate surface area is 139 Å². The molecule has 13 heteroatoms. The van der Waals surface area contributed by atoms with Crippen LogP contribution in [0.5, 0.6) is 0 Å². The molecular weight excluding hydrogens is 271 g/mol. The monoisotopic (exact) mass is 274 g/mol. The van der Waals surface area contributed by atoms with Gasteiger partial charge < -0.3 is 43.0 Å². The molecular formula is H4ClKMgN2O7S. The van der Waals surface area contributed by atoms with Gasteiger partial charge >= 0.3 is 74.4 Å². The smallest absolute Gasteiger partial charge is 1.00 e. The molecule has 0 amide bonds. The standard InChI is InChI=1S/ClH.K.Mg.NO3.H3N.H2O4S/c;;;2-1(3)4;;1-5(2,3)4/h1H;;;;1H3;(H2,1,2,3,4)/q;+1;+2;-1;;/p-2. The Morgan fingerprint density at radius 1 is 1.08 bits per heavy atom. The van der Waals surface area contributed by atoms with Crippen molar-refractivity contribution in [2.24, 2.45) is 0 Å². The van der Waals surface area contributed by atoms with E-state index in [0.717, 1.165) is 0 Å². The second-order valence-corrected chi connectivity index (χ2v) is 1.45. The molecule has 0 radical (unpaired) electrons. The van der Waals surface area contributed by atoms with E-state index in [-0.39, 0.29) is 93.0 Å². The van der Waals surface area contributed by atoms with Crippen LogP contribution in [-0.4, -0.2) is 45.7 Å². The summed E-state index contributed by atoms with van der Waals surface area (Å²) in [6, 6.07) is 0. The number of halogens is 1. The summed E-state index contributed by atoms with van der Waals surface area (Å²) in [5, 5.41) is 14.8. The summed E-state index contributed by atoms with van der Waals surface area (Å²) in [4.78, 5) is 8.25. The summed E-state index contributed by atoms with van der Waals surface area (Å²) in [7, 11) is -5.17. The summed E-state index contributed by atoms with van der Waals surface area (Å²) in [5.74, 6) is 0. The third-order valence-electron chi connectivity index (χ3n) is 0. The number of hydrogen-bond donors (Lipinski definition) is 1. The van der Waals surface area contributed by atoms with E-state index in [2.05, 4.69) is 0 Å². The van der Waals surface area contributed by atoms with Gasteiger partial charge in [0.15, 0.2) is 0 Å². The van der Waals surface area contributed by atoms with E-state index in [1.165, 1.54) is 0 Å². The van der Waals surface area contributed by atoms with E-state index < -0.39 is 15.5 Å². The zero-order chi connectivity index (χ0) is 8.08. The van der Waals surface area contributed by atoms with E-state index in [1.54, 1.807) is 0 Å². The van der Waals surface area contributed by atoms with Crippen molar-refractivity contribution in [3.05, 3.63) is 15.3 Å². The van der Waals surface area contributed by atoms with Crippen LogP contribution in [0, 0.1) is 15.3 Å². The average molecular weight is 275 g/mol. The fourth-order valence-electron chi connectivity index (χ4n) is 0. The topological polar surface area (TPSA) is 183 Å². The predicted octanol–water partition coefficient (Wildman–Crippen LogP) is -7.57. The van der Waals surface area contributed by atoms with Crippen LogP contribution < -0.4 is 69.9 Å². The molecule has 0 aliphatic heterocycles. The second kappa shape index (κ2) is 19.3. The first-order chi connectivity index (χ1) is 3.73. The van der Waals surface area contributed by atoms with Crippen LogP contribution in [0.3, 0.4) is 0 Å². The molecule has 13 heavy (non-hydrogen) atoms. The first-order valence-electron chi connectivity index (χ1n) is 1.21. The molecule has 0 bridgehead atoms. The molecule has 0 aromatic heterocycles. The second-order valence-electron chi connectivity index (χ2n) is 0.632. The molecule has 0 saturated heterocycles. The third kappa shape index (κ3) is 636. The summed E-state index contributed by atoms with van der Waals surface area (Å²) in [5.41, 5.74) is 0. The van der Waals surface area contributed by atoms with Crippen molar-refractivity contribution in [3.8, 4) is 0 Å². The Bertz CT molecular complexity index is 169. The molecule has 9 nitrogen and oxygen atoms in total. The summed E-state index contributed by atoms with van der Waals surface area (Å²) in [6.45, 7) is 0. The van der Waals surface area contributed by atoms with Crippen molar-refractivity contribution in [2.75, 3.05) is 0 Å². The fourth-order valence-corrected chi connectivity index (χ4v) is 0. The maximum absolute atomic E-state index is 8.52. The molecule has 0 fully saturated rings. The van der Waals surface area contributed by atoms with Gasteiger partial charge in [0.1, 0.15) is 0 Å². The molecule has 0 aliphatic rings. The Hall–Kier alpha value is 1.72. The average Bonchev–Trinajstić information content (AvgIpc) is 1.19. The Balaban J connectivity index is -0.0000000146. The minimum atomic E-state index is -5.17.